The average molecular weight is 262 g/mol. The summed E-state index contributed by atoms with van der Waals surface area (Å²) in [5.41, 5.74) is 0. The minimum absolute atomic E-state index is 0.465. The van der Waals surface area contributed by atoms with Crippen molar-refractivity contribution >= 4 is 0 Å². The first-order valence-electron chi connectivity index (χ1n) is 7.25. The van der Waals surface area contributed by atoms with Gasteiger partial charge in [0.25, 0.3) is 0 Å². The van der Waals surface area contributed by atoms with Gasteiger partial charge in [0.15, 0.2) is 0 Å². The Morgan fingerprint density at radius 1 is 0.611 bits per heavy atom. The lowest BCUT2D eigenvalue weighted by atomic mass is 10.1. The van der Waals surface area contributed by atoms with Gasteiger partial charge in [-0.1, -0.05) is 64.7 Å². The maximum absolute atomic E-state index is 4.69. The van der Waals surface area contributed by atoms with E-state index in [-0.39, 0.29) is 0 Å². The monoisotopic (exact) mass is 262 g/mol. The number of rotatable bonds is 11. The van der Waals surface area contributed by atoms with Crippen molar-refractivity contribution in [2.45, 2.75) is 83.8 Å². The summed E-state index contributed by atoms with van der Waals surface area (Å²) in [7, 11) is 0. The second-order valence-corrected chi connectivity index (χ2v) is 4.80. The summed E-state index contributed by atoms with van der Waals surface area (Å²) in [5.74, 6) is 0. The van der Waals surface area contributed by atoms with E-state index in [2.05, 4.69) is 22.0 Å². The molecule has 5 heteroatoms. The molecule has 1 heterocycles. The molecule has 5 nitrogen and oxygen atoms in total. The van der Waals surface area contributed by atoms with Crippen molar-refractivity contribution in [2.24, 2.45) is 0 Å². The van der Waals surface area contributed by atoms with E-state index in [1.54, 1.807) is 0 Å². The van der Waals surface area contributed by atoms with Crippen LogP contribution in [-0.4, -0.2) is 6.29 Å². The van der Waals surface area contributed by atoms with Crippen LogP contribution in [0.5, 0.6) is 0 Å². The van der Waals surface area contributed by atoms with Gasteiger partial charge in [-0.05, 0) is 21.5 Å². The molecule has 0 unspecified atom stereocenters. The second kappa shape index (κ2) is 11.9. The van der Waals surface area contributed by atoms with Gasteiger partial charge < -0.3 is 0 Å². The molecule has 0 saturated carbocycles. The van der Waals surface area contributed by atoms with E-state index in [0.717, 1.165) is 12.8 Å². The molecule has 0 aromatic rings. The van der Waals surface area contributed by atoms with Gasteiger partial charge in [0.1, 0.15) is 0 Å². The number of hydrogen-bond donors (Lipinski definition) is 0. The zero-order valence-electron chi connectivity index (χ0n) is 11.4. The highest BCUT2D eigenvalue weighted by molar-refractivity contribution is 4.49. The molecule has 1 fully saturated rings. The van der Waals surface area contributed by atoms with E-state index in [0.29, 0.717) is 0 Å². The van der Waals surface area contributed by atoms with Gasteiger partial charge >= 0.3 is 0 Å². The summed E-state index contributed by atoms with van der Waals surface area (Å²) < 4.78 is 0. The highest BCUT2D eigenvalue weighted by Gasteiger charge is 2.17. The molecule has 1 aliphatic heterocycles. The third-order valence-corrected chi connectivity index (χ3v) is 3.14. The van der Waals surface area contributed by atoms with Crippen LogP contribution in [0.2, 0.25) is 0 Å². The van der Waals surface area contributed by atoms with Gasteiger partial charge in [-0.3, -0.25) is 0 Å². The summed E-state index contributed by atoms with van der Waals surface area (Å²) in [5, 5.41) is 12.3. The molecular weight excluding hydrogens is 236 g/mol. The summed E-state index contributed by atoms with van der Waals surface area (Å²) in [6, 6.07) is 0. The molecule has 0 aromatic carbocycles. The van der Waals surface area contributed by atoms with E-state index < -0.39 is 6.29 Å². The number of unbranched alkanes of at least 4 members (excludes halogenated alkanes) is 9. The lowest BCUT2D eigenvalue weighted by Gasteiger charge is -2.16. The van der Waals surface area contributed by atoms with E-state index in [1.165, 1.54) is 57.8 Å². The third kappa shape index (κ3) is 8.83. The molecule has 1 rings (SSSR count). The molecule has 0 aromatic heterocycles. The molecule has 1 saturated heterocycles. The summed E-state index contributed by atoms with van der Waals surface area (Å²) in [6.45, 7) is 2.25. The highest BCUT2D eigenvalue weighted by atomic mass is 17.8. The third-order valence-electron chi connectivity index (χ3n) is 3.14. The van der Waals surface area contributed by atoms with Crippen molar-refractivity contribution in [3.8, 4) is 0 Å². The molecule has 0 atom stereocenters. The first-order chi connectivity index (χ1) is 8.93. The maximum Gasteiger partial charge on any atom is 0.230 e. The summed E-state index contributed by atoms with van der Waals surface area (Å²) >= 11 is 0. The van der Waals surface area contributed by atoms with Gasteiger partial charge in [-0.2, -0.15) is 9.78 Å². The Bertz CT molecular complexity index is 171. The number of hydrogen-bond acceptors (Lipinski definition) is 5. The smallest absolute Gasteiger partial charge is 0.168 e. The van der Waals surface area contributed by atoms with Gasteiger partial charge in [0.05, 0.1) is 0 Å². The summed E-state index contributed by atoms with van der Waals surface area (Å²) in [6.07, 6.45) is 13.4. The van der Waals surface area contributed by atoms with Crippen LogP contribution in [0.15, 0.2) is 0 Å². The Labute approximate surface area is 109 Å². The SMILES string of the molecule is CCCCCCCCCCCCC1OOOOO1. The Balaban J connectivity index is 1.73. The van der Waals surface area contributed by atoms with E-state index in [1.807, 2.05) is 0 Å². The molecular formula is C13H26O5. The fraction of sp³-hybridized carbons (Fsp3) is 1.00. The van der Waals surface area contributed by atoms with Crippen molar-refractivity contribution in [1.29, 1.82) is 0 Å². The van der Waals surface area contributed by atoms with Crippen LogP contribution in [0.1, 0.15) is 77.6 Å². The normalized spacial score (nSPS) is 17.2. The summed E-state index contributed by atoms with van der Waals surface area (Å²) in [4.78, 5) is 9.38. The highest BCUT2D eigenvalue weighted by Crippen LogP contribution is 2.15. The quantitative estimate of drug-likeness (QED) is 0.408. The van der Waals surface area contributed by atoms with Crippen LogP contribution in [0.4, 0.5) is 0 Å². The Morgan fingerprint density at radius 2 is 1.11 bits per heavy atom. The van der Waals surface area contributed by atoms with Gasteiger partial charge in [-0.15, -0.1) is 0 Å². The first kappa shape index (κ1) is 15.9. The second-order valence-electron chi connectivity index (χ2n) is 4.80. The van der Waals surface area contributed by atoms with E-state index >= 15 is 0 Å². The Hall–Kier alpha value is -0.200. The molecule has 0 radical (unpaired) electrons. The van der Waals surface area contributed by atoms with Gasteiger partial charge in [0, 0.05) is 6.42 Å². The Kier molecular flexibility index (Phi) is 10.5. The molecule has 0 spiro atoms. The fourth-order valence-electron chi connectivity index (χ4n) is 2.04. The molecule has 0 N–H and O–H groups in total. The van der Waals surface area contributed by atoms with Gasteiger partial charge in [-0.25, -0.2) is 0 Å². The fourth-order valence-corrected chi connectivity index (χ4v) is 2.04. The van der Waals surface area contributed by atoms with Crippen molar-refractivity contribution < 1.29 is 24.9 Å². The van der Waals surface area contributed by atoms with Crippen molar-refractivity contribution in [1.82, 2.24) is 0 Å². The lowest BCUT2D eigenvalue weighted by Crippen LogP contribution is -2.23. The van der Waals surface area contributed by atoms with Crippen molar-refractivity contribution in [3.05, 3.63) is 0 Å². The molecule has 0 aliphatic carbocycles. The topological polar surface area (TPSA) is 46.2 Å². The molecule has 18 heavy (non-hydrogen) atoms. The Morgan fingerprint density at radius 3 is 1.67 bits per heavy atom. The van der Waals surface area contributed by atoms with Crippen LogP contribution in [0, 0.1) is 0 Å². The minimum atomic E-state index is -0.465. The maximum atomic E-state index is 4.69. The van der Waals surface area contributed by atoms with Crippen molar-refractivity contribution in [2.75, 3.05) is 0 Å². The lowest BCUT2D eigenvalue weighted by molar-refractivity contribution is -0.786. The zero-order valence-corrected chi connectivity index (χ0v) is 11.4. The van der Waals surface area contributed by atoms with Crippen LogP contribution >= 0.6 is 0 Å². The van der Waals surface area contributed by atoms with E-state index in [9.17, 15) is 0 Å². The molecule has 108 valence electrons. The molecule has 0 amide bonds. The standard InChI is InChI=1S/C13H26O5/c1-2-3-4-5-6-7-8-9-10-11-12-13-14-16-18-17-15-13/h13H,2-12H2,1H3. The predicted octanol–water partition coefficient (Wildman–Crippen LogP) is 4.38. The van der Waals surface area contributed by atoms with Crippen LogP contribution in [0.25, 0.3) is 0 Å². The van der Waals surface area contributed by atoms with Crippen molar-refractivity contribution in [3.63, 3.8) is 0 Å². The minimum Gasteiger partial charge on any atom is -0.168 e. The largest absolute Gasteiger partial charge is 0.230 e. The van der Waals surface area contributed by atoms with E-state index in [4.69, 9.17) is 9.78 Å². The molecule has 0 bridgehead atoms. The van der Waals surface area contributed by atoms with Crippen LogP contribution < -0.4 is 0 Å². The average Bonchev–Trinajstić information content (AvgIpc) is 2.42. The van der Waals surface area contributed by atoms with Crippen LogP contribution in [0.3, 0.4) is 0 Å². The molecule has 1 aliphatic rings. The van der Waals surface area contributed by atoms with Gasteiger partial charge in [0.2, 0.25) is 6.29 Å². The first-order valence-corrected chi connectivity index (χ1v) is 7.25. The zero-order chi connectivity index (χ0) is 12.9. The predicted molar refractivity (Wildman–Crippen MR) is 65.7 cm³/mol. The van der Waals surface area contributed by atoms with Crippen LogP contribution in [-0.2, 0) is 24.9 Å².